The van der Waals surface area contributed by atoms with Gasteiger partial charge in [-0.15, -0.1) is 0 Å². The topological polar surface area (TPSA) is 0 Å². The first kappa shape index (κ1) is 5.40. The molecule has 0 heterocycles. The quantitative estimate of drug-likeness (QED) is 0.447. The van der Waals surface area contributed by atoms with Gasteiger partial charge in [-0.05, 0) is 43.4 Å². The van der Waals surface area contributed by atoms with E-state index >= 15 is 0 Å². The molecule has 1 spiro atoms. The number of hydrogen-bond donors (Lipinski definition) is 0. The van der Waals surface area contributed by atoms with Gasteiger partial charge >= 0.3 is 0 Å². The molecule has 0 aromatic rings. The van der Waals surface area contributed by atoms with E-state index in [0.717, 1.165) is 11.3 Å². The molecule has 10 heavy (non-hydrogen) atoms. The molecule has 3 aliphatic carbocycles. The van der Waals surface area contributed by atoms with Crippen molar-refractivity contribution in [3.05, 3.63) is 11.6 Å². The molecule has 0 aromatic carbocycles. The normalized spacial score (nSPS) is 54.8. The summed E-state index contributed by atoms with van der Waals surface area (Å²) in [6, 6.07) is 0. The molecule has 0 saturated heterocycles. The summed E-state index contributed by atoms with van der Waals surface area (Å²) in [6.07, 6.45) is 11.4. The van der Waals surface area contributed by atoms with Crippen molar-refractivity contribution < 1.29 is 0 Å². The van der Waals surface area contributed by atoms with Gasteiger partial charge in [0.15, 0.2) is 0 Å². The summed E-state index contributed by atoms with van der Waals surface area (Å²) in [4.78, 5) is 0. The predicted molar refractivity (Wildman–Crippen MR) is 41.7 cm³/mol. The van der Waals surface area contributed by atoms with Crippen LogP contribution in [-0.2, 0) is 0 Å². The average molecular weight is 134 g/mol. The number of hydrogen-bond acceptors (Lipinski definition) is 0. The monoisotopic (exact) mass is 134 g/mol. The molecule has 0 N–H and O–H groups in total. The molecular weight excluding hydrogens is 120 g/mol. The molecule has 3 aliphatic rings. The SMILES string of the molecule is C1=C2/CC23CC3CCCC/1. The van der Waals surface area contributed by atoms with Crippen LogP contribution in [0.2, 0.25) is 0 Å². The van der Waals surface area contributed by atoms with E-state index in [1.807, 2.05) is 5.57 Å². The molecule has 0 bridgehead atoms. The molecule has 3 rings (SSSR count). The Kier molecular flexibility index (Phi) is 0.805. The standard InChI is InChI=1S/C10H14/c1-2-4-8-6-10(8)7-9(10)5-3-1/h4,9H,1-3,5-7H2/b8-4-. The van der Waals surface area contributed by atoms with Crippen LogP contribution in [0.5, 0.6) is 0 Å². The fourth-order valence-corrected chi connectivity index (χ4v) is 2.75. The highest BCUT2D eigenvalue weighted by Crippen LogP contribution is 2.76. The summed E-state index contributed by atoms with van der Waals surface area (Å²) in [5.41, 5.74) is 2.68. The highest BCUT2D eigenvalue weighted by Gasteiger charge is 2.65. The van der Waals surface area contributed by atoms with Crippen LogP contribution >= 0.6 is 0 Å². The van der Waals surface area contributed by atoms with E-state index < -0.39 is 0 Å². The van der Waals surface area contributed by atoms with Crippen molar-refractivity contribution in [3.63, 3.8) is 0 Å². The molecule has 2 atom stereocenters. The third-order valence-corrected chi connectivity index (χ3v) is 3.65. The first-order valence-electron chi connectivity index (χ1n) is 4.61. The van der Waals surface area contributed by atoms with Gasteiger partial charge in [0.05, 0.1) is 0 Å². The predicted octanol–water partition coefficient (Wildman–Crippen LogP) is 2.90. The van der Waals surface area contributed by atoms with Crippen molar-refractivity contribution >= 4 is 0 Å². The van der Waals surface area contributed by atoms with E-state index in [2.05, 4.69) is 6.08 Å². The molecule has 54 valence electrons. The van der Waals surface area contributed by atoms with E-state index in [-0.39, 0.29) is 0 Å². The minimum absolute atomic E-state index is 0.848. The summed E-state index contributed by atoms with van der Waals surface area (Å²) < 4.78 is 0. The molecule has 0 heteroatoms. The largest absolute Gasteiger partial charge is 0.0847 e. The van der Waals surface area contributed by atoms with E-state index in [9.17, 15) is 0 Å². The number of rotatable bonds is 0. The zero-order chi connectivity index (χ0) is 6.60. The van der Waals surface area contributed by atoms with Crippen LogP contribution in [-0.4, -0.2) is 0 Å². The van der Waals surface area contributed by atoms with Gasteiger partial charge in [-0.2, -0.15) is 0 Å². The number of allylic oxidation sites excluding steroid dienone is 2. The van der Waals surface area contributed by atoms with Crippen LogP contribution in [0.1, 0.15) is 38.5 Å². The van der Waals surface area contributed by atoms with Crippen molar-refractivity contribution in [2.75, 3.05) is 0 Å². The van der Waals surface area contributed by atoms with Crippen LogP contribution < -0.4 is 0 Å². The van der Waals surface area contributed by atoms with Crippen molar-refractivity contribution in [2.24, 2.45) is 11.3 Å². The highest BCUT2D eigenvalue weighted by atomic mass is 14.7. The Labute approximate surface area is 62.3 Å². The van der Waals surface area contributed by atoms with Gasteiger partial charge in [-0.1, -0.05) is 18.1 Å². The Morgan fingerprint density at radius 1 is 1.40 bits per heavy atom. The smallest absolute Gasteiger partial charge is 0.00190 e. The Bertz CT molecular complexity index is 202. The maximum Gasteiger partial charge on any atom is -0.00190 e. The second kappa shape index (κ2) is 1.49. The first-order valence-corrected chi connectivity index (χ1v) is 4.61. The Morgan fingerprint density at radius 3 is 3.40 bits per heavy atom. The van der Waals surface area contributed by atoms with Crippen LogP contribution in [0.25, 0.3) is 0 Å². The van der Waals surface area contributed by atoms with Gasteiger partial charge in [-0.3, -0.25) is 0 Å². The maximum atomic E-state index is 2.53. The van der Waals surface area contributed by atoms with E-state index in [1.165, 1.54) is 32.1 Å². The average Bonchev–Trinajstić information content (AvgIpc) is 2.76. The third kappa shape index (κ3) is 0.531. The molecule has 0 nitrogen and oxygen atoms in total. The second-order valence-corrected chi connectivity index (χ2v) is 4.25. The van der Waals surface area contributed by atoms with E-state index in [1.54, 1.807) is 6.42 Å². The molecule has 2 fully saturated rings. The minimum Gasteiger partial charge on any atom is -0.0847 e. The summed E-state index contributed by atoms with van der Waals surface area (Å²) in [7, 11) is 0. The zero-order valence-corrected chi connectivity index (χ0v) is 6.40. The molecule has 0 amide bonds. The van der Waals surface area contributed by atoms with Gasteiger partial charge < -0.3 is 0 Å². The molecule has 0 radical (unpaired) electrons. The van der Waals surface area contributed by atoms with Crippen molar-refractivity contribution in [1.29, 1.82) is 0 Å². The van der Waals surface area contributed by atoms with Gasteiger partial charge in [0, 0.05) is 0 Å². The second-order valence-electron chi connectivity index (χ2n) is 4.25. The molecule has 2 saturated carbocycles. The fraction of sp³-hybridized carbons (Fsp3) is 0.800. The van der Waals surface area contributed by atoms with Crippen molar-refractivity contribution in [2.45, 2.75) is 38.5 Å². The first-order chi connectivity index (χ1) is 4.92. The van der Waals surface area contributed by atoms with Crippen LogP contribution in [0.4, 0.5) is 0 Å². The summed E-state index contributed by atoms with van der Waals surface area (Å²) >= 11 is 0. The van der Waals surface area contributed by atoms with Crippen molar-refractivity contribution in [1.82, 2.24) is 0 Å². The summed E-state index contributed by atoms with van der Waals surface area (Å²) in [6.45, 7) is 0. The Morgan fingerprint density at radius 2 is 2.40 bits per heavy atom. The summed E-state index contributed by atoms with van der Waals surface area (Å²) in [5, 5.41) is 0. The van der Waals surface area contributed by atoms with Gasteiger partial charge in [-0.25, -0.2) is 0 Å². The molecule has 2 unspecified atom stereocenters. The Hall–Kier alpha value is -0.260. The van der Waals surface area contributed by atoms with Gasteiger partial charge in [0.25, 0.3) is 0 Å². The van der Waals surface area contributed by atoms with E-state index in [4.69, 9.17) is 0 Å². The fourth-order valence-electron chi connectivity index (χ4n) is 2.75. The van der Waals surface area contributed by atoms with Crippen LogP contribution in [0.3, 0.4) is 0 Å². The Balaban J connectivity index is 1.89. The lowest BCUT2D eigenvalue weighted by molar-refractivity contribution is 0.586. The summed E-state index contributed by atoms with van der Waals surface area (Å²) in [5.74, 6) is 1.14. The lowest BCUT2D eigenvalue weighted by Crippen LogP contribution is -1.85. The van der Waals surface area contributed by atoms with Crippen molar-refractivity contribution in [3.8, 4) is 0 Å². The van der Waals surface area contributed by atoms with Gasteiger partial charge in [0.2, 0.25) is 0 Å². The lowest BCUT2D eigenvalue weighted by atomic mass is 10.1. The van der Waals surface area contributed by atoms with E-state index in [0.29, 0.717) is 0 Å². The van der Waals surface area contributed by atoms with Gasteiger partial charge in [0.1, 0.15) is 0 Å². The zero-order valence-electron chi connectivity index (χ0n) is 6.40. The minimum atomic E-state index is 0.848. The third-order valence-electron chi connectivity index (χ3n) is 3.65. The molecular formula is C10H14. The highest BCUT2D eigenvalue weighted by molar-refractivity contribution is 5.42. The molecule has 0 aliphatic heterocycles. The maximum absolute atomic E-state index is 2.53. The van der Waals surface area contributed by atoms with Crippen LogP contribution in [0, 0.1) is 11.3 Å². The molecule has 0 aromatic heterocycles. The van der Waals surface area contributed by atoms with Crippen LogP contribution in [0.15, 0.2) is 11.6 Å². The lowest BCUT2D eigenvalue weighted by Gasteiger charge is -1.99.